The predicted octanol–water partition coefficient (Wildman–Crippen LogP) is 15.8. The van der Waals surface area contributed by atoms with E-state index in [0.717, 1.165) is 6.42 Å². The maximum absolute atomic E-state index is 2.24. The summed E-state index contributed by atoms with van der Waals surface area (Å²) in [5, 5.41) is 13.2. The number of hydrogen-bond donors (Lipinski definition) is 0. The number of rotatable bonds is 0. The van der Waals surface area contributed by atoms with Crippen LogP contribution in [0.3, 0.4) is 0 Å². The third-order valence-electron chi connectivity index (χ3n) is 10.3. The summed E-state index contributed by atoms with van der Waals surface area (Å²) in [7, 11) is 0. The molecular weight excluding hydrogens is 685 g/mol. The molecule has 0 nitrogen and oxygen atoms in total. The lowest BCUT2D eigenvalue weighted by Crippen LogP contribution is -1.77. The van der Waals surface area contributed by atoms with Gasteiger partial charge in [0.25, 0.3) is 0 Å². The van der Waals surface area contributed by atoms with E-state index in [0.29, 0.717) is 0 Å². The summed E-state index contributed by atoms with van der Waals surface area (Å²) in [5.74, 6) is 0. The minimum Gasteiger partial charge on any atom is -0.0623 e. The van der Waals surface area contributed by atoms with Crippen molar-refractivity contribution in [2.75, 3.05) is 0 Å². The standard InChI is InChI=1S/2C14H10.C13H10.C10H8.C6H6/c1-3-7-13-11(5-1)9-10-12-6-2-4-8-14(12)13;1-2-6-12-10-14-8-4-3-7-13(14)9-11(12)5-1;1-3-7-12-10(5-1)9-11-6-2-4-8-13(11)12;1-2-6-10-8-4-3-7-9(10)5-1;1-2-4-6-5-3-1/h2*1-10H;1-8H,9H2;1-8H;1-6H. The van der Waals surface area contributed by atoms with Crippen LogP contribution in [0.1, 0.15) is 11.1 Å². The average molecular weight is 729 g/mol. The van der Waals surface area contributed by atoms with Gasteiger partial charge in [-0.25, -0.2) is 0 Å². The summed E-state index contributed by atoms with van der Waals surface area (Å²) >= 11 is 0. The zero-order valence-electron chi connectivity index (χ0n) is 32.0. The van der Waals surface area contributed by atoms with Crippen molar-refractivity contribution in [2.45, 2.75) is 6.42 Å². The molecule has 12 rings (SSSR count). The van der Waals surface area contributed by atoms with Gasteiger partial charge in [0.1, 0.15) is 0 Å². The van der Waals surface area contributed by atoms with E-state index < -0.39 is 0 Å². The molecule has 57 heavy (non-hydrogen) atoms. The molecule has 272 valence electrons. The molecule has 0 heteroatoms. The summed E-state index contributed by atoms with van der Waals surface area (Å²) in [6.45, 7) is 0. The van der Waals surface area contributed by atoms with Crippen molar-refractivity contribution in [3.05, 3.63) is 266 Å². The molecule has 0 bridgehead atoms. The molecule has 0 saturated heterocycles. The molecule has 0 radical (unpaired) electrons. The molecule has 0 unspecified atom stereocenters. The molecule has 11 aromatic rings. The zero-order chi connectivity index (χ0) is 38.5. The third kappa shape index (κ3) is 9.16. The second-order valence-electron chi connectivity index (χ2n) is 14.0. The lowest BCUT2D eigenvalue weighted by molar-refractivity contribution is 1.26. The summed E-state index contributed by atoms with van der Waals surface area (Å²) in [5.41, 5.74) is 5.75. The fourth-order valence-electron chi connectivity index (χ4n) is 7.43. The maximum Gasteiger partial charge on any atom is -0.00135 e. The topological polar surface area (TPSA) is 0 Å². The molecule has 0 amide bonds. The van der Waals surface area contributed by atoms with Crippen molar-refractivity contribution in [1.82, 2.24) is 0 Å². The van der Waals surface area contributed by atoms with Crippen molar-refractivity contribution in [1.29, 1.82) is 0 Å². The first kappa shape index (κ1) is 36.7. The van der Waals surface area contributed by atoms with Crippen molar-refractivity contribution in [2.24, 2.45) is 0 Å². The van der Waals surface area contributed by atoms with Crippen molar-refractivity contribution >= 4 is 53.9 Å². The Balaban J connectivity index is 0.000000102. The minimum atomic E-state index is 1.10. The second kappa shape index (κ2) is 18.4. The van der Waals surface area contributed by atoms with E-state index in [-0.39, 0.29) is 0 Å². The van der Waals surface area contributed by atoms with Gasteiger partial charge in [0.05, 0.1) is 0 Å². The fraction of sp³-hybridized carbons (Fsp3) is 0.0175. The Morgan fingerprint density at radius 3 is 0.807 bits per heavy atom. The molecule has 0 aromatic heterocycles. The molecule has 11 aromatic carbocycles. The van der Waals surface area contributed by atoms with Gasteiger partial charge in [-0.05, 0) is 94.7 Å². The van der Waals surface area contributed by atoms with Crippen LogP contribution in [0.2, 0.25) is 0 Å². The Bertz CT molecular complexity index is 2680. The van der Waals surface area contributed by atoms with Crippen LogP contribution < -0.4 is 0 Å². The predicted molar refractivity (Wildman–Crippen MR) is 248 cm³/mol. The highest BCUT2D eigenvalue weighted by atomic mass is 14.2. The van der Waals surface area contributed by atoms with Gasteiger partial charge >= 0.3 is 0 Å². The van der Waals surface area contributed by atoms with Gasteiger partial charge < -0.3 is 0 Å². The largest absolute Gasteiger partial charge is 0.0623 e. The van der Waals surface area contributed by atoms with Crippen LogP contribution in [0, 0.1) is 0 Å². The van der Waals surface area contributed by atoms with E-state index in [4.69, 9.17) is 0 Å². The van der Waals surface area contributed by atoms with Gasteiger partial charge in [-0.2, -0.15) is 0 Å². The first-order chi connectivity index (χ1) is 28.3. The number of fused-ring (bicyclic) bond motifs is 9. The smallest absolute Gasteiger partial charge is 0.00135 e. The average Bonchev–Trinajstić information content (AvgIpc) is 3.69. The monoisotopic (exact) mass is 728 g/mol. The van der Waals surface area contributed by atoms with E-state index in [1.807, 2.05) is 36.4 Å². The highest BCUT2D eigenvalue weighted by molar-refractivity contribution is 6.07. The SMILES string of the molecule is c1ccc2c(c1)Cc1ccccc1-2.c1ccc2c(c1)ccc1ccccc12.c1ccc2cc3ccccc3cc2c1.c1ccc2ccccc2c1.c1ccccc1. The van der Waals surface area contributed by atoms with Crippen LogP contribution >= 0.6 is 0 Å². The Kier molecular flexibility index (Phi) is 11.8. The van der Waals surface area contributed by atoms with E-state index in [9.17, 15) is 0 Å². The maximum atomic E-state index is 2.24. The summed E-state index contributed by atoms with van der Waals surface area (Å²) in [4.78, 5) is 0. The molecule has 1 aliphatic rings. The second-order valence-corrected chi connectivity index (χ2v) is 14.0. The molecule has 0 saturated carbocycles. The molecule has 0 atom stereocenters. The molecule has 0 fully saturated rings. The van der Waals surface area contributed by atoms with Gasteiger partial charge in [-0.1, -0.05) is 243 Å². The summed E-state index contributed by atoms with van der Waals surface area (Å²) in [6.07, 6.45) is 1.10. The van der Waals surface area contributed by atoms with Crippen LogP contribution in [-0.2, 0) is 6.42 Å². The highest BCUT2D eigenvalue weighted by Crippen LogP contribution is 2.35. The van der Waals surface area contributed by atoms with Crippen LogP contribution in [0.4, 0.5) is 0 Å². The van der Waals surface area contributed by atoms with Gasteiger partial charge in [0, 0.05) is 0 Å². The van der Waals surface area contributed by atoms with E-state index >= 15 is 0 Å². The molecule has 0 aliphatic heterocycles. The van der Waals surface area contributed by atoms with Gasteiger partial charge in [0.2, 0.25) is 0 Å². The first-order valence-electron chi connectivity index (χ1n) is 19.6. The van der Waals surface area contributed by atoms with E-state index in [1.54, 1.807) is 0 Å². The minimum absolute atomic E-state index is 1.10. The van der Waals surface area contributed by atoms with Crippen molar-refractivity contribution in [3.63, 3.8) is 0 Å². The molecular formula is C57H44. The lowest BCUT2D eigenvalue weighted by atomic mass is 10.0. The zero-order valence-corrected chi connectivity index (χ0v) is 32.0. The molecule has 1 aliphatic carbocycles. The Morgan fingerprint density at radius 2 is 0.456 bits per heavy atom. The number of benzene rings is 11. The van der Waals surface area contributed by atoms with Crippen LogP contribution in [-0.4, -0.2) is 0 Å². The Labute approximate surface area is 336 Å². The van der Waals surface area contributed by atoms with E-state index in [1.165, 1.54) is 76.1 Å². The molecule has 0 spiro atoms. The van der Waals surface area contributed by atoms with Crippen molar-refractivity contribution in [3.8, 4) is 11.1 Å². The Morgan fingerprint density at radius 1 is 0.193 bits per heavy atom. The van der Waals surface area contributed by atoms with Gasteiger partial charge in [-0.3, -0.25) is 0 Å². The highest BCUT2D eigenvalue weighted by Gasteiger charge is 2.15. The lowest BCUT2D eigenvalue weighted by Gasteiger charge is -2.02. The Hall–Kier alpha value is -7.28. The third-order valence-corrected chi connectivity index (χ3v) is 10.3. The van der Waals surface area contributed by atoms with Crippen molar-refractivity contribution < 1.29 is 0 Å². The van der Waals surface area contributed by atoms with Crippen LogP contribution in [0.15, 0.2) is 255 Å². The fourth-order valence-corrected chi connectivity index (χ4v) is 7.43. The summed E-state index contributed by atoms with van der Waals surface area (Å²) in [6, 6.07) is 88.8. The molecule has 0 N–H and O–H groups in total. The first-order valence-corrected chi connectivity index (χ1v) is 19.6. The van der Waals surface area contributed by atoms with E-state index in [2.05, 4.69) is 218 Å². The van der Waals surface area contributed by atoms with Gasteiger partial charge in [-0.15, -0.1) is 0 Å². The molecule has 0 heterocycles. The summed E-state index contributed by atoms with van der Waals surface area (Å²) < 4.78 is 0. The number of hydrogen-bond acceptors (Lipinski definition) is 0. The van der Waals surface area contributed by atoms with Gasteiger partial charge in [0.15, 0.2) is 0 Å². The quantitative estimate of drug-likeness (QED) is 0.108. The van der Waals surface area contributed by atoms with Crippen LogP contribution in [0.25, 0.3) is 65.0 Å². The van der Waals surface area contributed by atoms with Crippen LogP contribution in [0.5, 0.6) is 0 Å². The normalized spacial score (nSPS) is 10.7.